The first-order valence-electron chi connectivity index (χ1n) is 12.9. The number of aliphatic hydroxyl groups excluding tert-OH is 1. The van der Waals surface area contributed by atoms with Gasteiger partial charge in [0.2, 0.25) is 0 Å². The van der Waals surface area contributed by atoms with E-state index in [4.69, 9.17) is 15.1 Å². The third-order valence-corrected chi connectivity index (χ3v) is 9.58. The second-order valence-electron chi connectivity index (χ2n) is 11.4. The minimum atomic E-state index is -1.28. The maximum atomic E-state index is 12.1. The molecule has 1 amide bonds. The number of nitrogens with one attached hydrogen (secondary N) is 1. The maximum Gasteiger partial charge on any atom is 0.326 e. The molecule has 4 rings (SSSR count). The molecule has 0 saturated heterocycles. The molecule has 0 aromatic heterocycles. The number of rotatable bonds is 8. The van der Waals surface area contributed by atoms with E-state index in [0.29, 0.717) is 17.8 Å². The van der Waals surface area contributed by atoms with E-state index in [1.54, 1.807) is 0 Å². The molecule has 9 nitrogen and oxygen atoms in total. The Bertz CT molecular complexity index is 931. The van der Waals surface area contributed by atoms with Gasteiger partial charge >= 0.3 is 11.9 Å². The molecule has 0 spiro atoms. The Hall–Kier alpha value is -2.42. The molecule has 4 aliphatic carbocycles. The number of hydrogen-bond acceptors (Lipinski definition) is 6. The SMILES string of the molecule is C[C@]12CC[C@@H]3[C@H](CCC4=CC(=NOCC(=O)N[C@H](CCC(=O)O)C(=O)O)CC[C@@]43C)[C@H]1CC[C@H]2O. The van der Waals surface area contributed by atoms with Crippen LogP contribution >= 0.6 is 0 Å². The number of aliphatic hydroxyl groups is 1. The van der Waals surface area contributed by atoms with E-state index < -0.39 is 30.5 Å². The zero-order valence-corrected chi connectivity index (χ0v) is 20.7. The highest BCUT2D eigenvalue weighted by Gasteiger charge is 2.58. The zero-order valence-electron chi connectivity index (χ0n) is 20.7. The number of carbonyl (C=O) groups is 3. The van der Waals surface area contributed by atoms with Crippen LogP contribution in [0.1, 0.15) is 78.1 Å². The molecule has 35 heavy (non-hydrogen) atoms. The largest absolute Gasteiger partial charge is 0.481 e. The number of oxime groups is 1. The van der Waals surface area contributed by atoms with E-state index >= 15 is 0 Å². The van der Waals surface area contributed by atoms with Gasteiger partial charge in [-0.25, -0.2) is 4.79 Å². The highest BCUT2D eigenvalue weighted by atomic mass is 16.6. The molecule has 4 aliphatic rings. The number of amides is 1. The average molecular weight is 491 g/mol. The van der Waals surface area contributed by atoms with Crippen LogP contribution in [0.25, 0.3) is 0 Å². The van der Waals surface area contributed by atoms with Crippen LogP contribution in [0.3, 0.4) is 0 Å². The highest BCUT2D eigenvalue weighted by Crippen LogP contribution is 2.65. The molecule has 9 heteroatoms. The van der Waals surface area contributed by atoms with Gasteiger partial charge < -0.3 is 25.5 Å². The van der Waals surface area contributed by atoms with Crippen LogP contribution < -0.4 is 5.32 Å². The summed E-state index contributed by atoms with van der Waals surface area (Å²) < 4.78 is 0. The zero-order chi connectivity index (χ0) is 25.4. The Labute approximate surface area is 206 Å². The molecule has 3 fully saturated rings. The molecule has 0 aliphatic heterocycles. The van der Waals surface area contributed by atoms with Crippen LogP contribution in [0, 0.1) is 28.6 Å². The summed E-state index contributed by atoms with van der Waals surface area (Å²) >= 11 is 0. The number of aliphatic carboxylic acids is 2. The fourth-order valence-electron chi connectivity index (χ4n) is 7.55. The maximum absolute atomic E-state index is 12.1. The van der Waals surface area contributed by atoms with E-state index in [2.05, 4.69) is 30.4 Å². The molecular formula is C26H38N2O7. The molecule has 0 radical (unpaired) electrons. The average Bonchev–Trinajstić information content (AvgIpc) is 3.11. The number of allylic oxidation sites excluding steroid dienone is 2. The lowest BCUT2D eigenvalue weighted by Crippen LogP contribution is -2.51. The summed E-state index contributed by atoms with van der Waals surface area (Å²) in [7, 11) is 0. The van der Waals surface area contributed by atoms with Crippen LogP contribution in [0.2, 0.25) is 0 Å². The van der Waals surface area contributed by atoms with Crippen molar-refractivity contribution < 1.29 is 34.5 Å². The van der Waals surface area contributed by atoms with E-state index in [9.17, 15) is 19.5 Å². The van der Waals surface area contributed by atoms with Crippen LogP contribution in [0.4, 0.5) is 0 Å². The fraction of sp³-hybridized carbons (Fsp3) is 0.769. The molecule has 0 bridgehead atoms. The minimum Gasteiger partial charge on any atom is -0.481 e. The quantitative estimate of drug-likeness (QED) is 0.382. The number of carboxylic acid groups (broad SMARTS) is 2. The summed E-state index contributed by atoms with van der Waals surface area (Å²) in [6.45, 7) is 4.26. The van der Waals surface area contributed by atoms with E-state index in [0.717, 1.165) is 57.1 Å². The Morgan fingerprint density at radius 3 is 2.60 bits per heavy atom. The lowest BCUT2D eigenvalue weighted by Gasteiger charge is -2.57. The Kier molecular flexibility index (Phi) is 7.27. The van der Waals surface area contributed by atoms with Crippen molar-refractivity contribution in [2.75, 3.05) is 6.61 Å². The van der Waals surface area contributed by atoms with Gasteiger partial charge in [0.25, 0.3) is 5.91 Å². The van der Waals surface area contributed by atoms with E-state index in [-0.39, 0.29) is 29.8 Å². The summed E-state index contributed by atoms with van der Waals surface area (Å²) in [6, 6.07) is -1.28. The number of fused-ring (bicyclic) bond motifs is 5. The van der Waals surface area contributed by atoms with Crippen molar-refractivity contribution in [3.8, 4) is 0 Å². The third kappa shape index (κ3) is 4.97. The first kappa shape index (κ1) is 25.7. The Balaban J connectivity index is 1.35. The molecule has 4 N–H and O–H groups in total. The predicted octanol–water partition coefficient (Wildman–Crippen LogP) is 3.12. The highest BCUT2D eigenvalue weighted by molar-refractivity contribution is 5.96. The topological polar surface area (TPSA) is 146 Å². The number of hydrogen-bond donors (Lipinski definition) is 4. The summed E-state index contributed by atoms with van der Waals surface area (Å²) in [5.74, 6) is -1.16. The Morgan fingerprint density at radius 1 is 1.11 bits per heavy atom. The van der Waals surface area contributed by atoms with Gasteiger partial charge in [0.05, 0.1) is 11.8 Å². The van der Waals surface area contributed by atoms with Gasteiger partial charge in [0.1, 0.15) is 6.04 Å². The van der Waals surface area contributed by atoms with Crippen LogP contribution in [0.5, 0.6) is 0 Å². The van der Waals surface area contributed by atoms with Crippen molar-refractivity contribution in [1.29, 1.82) is 0 Å². The second kappa shape index (κ2) is 9.91. The lowest BCUT2D eigenvalue weighted by molar-refractivity contribution is -0.143. The molecule has 0 unspecified atom stereocenters. The predicted molar refractivity (Wildman–Crippen MR) is 128 cm³/mol. The third-order valence-electron chi connectivity index (χ3n) is 9.58. The minimum absolute atomic E-state index is 0.0711. The van der Waals surface area contributed by atoms with Crippen molar-refractivity contribution in [3.63, 3.8) is 0 Å². The number of carbonyl (C=O) groups excluding carboxylic acids is 1. The first-order valence-corrected chi connectivity index (χ1v) is 12.9. The number of carboxylic acids is 2. The summed E-state index contributed by atoms with van der Waals surface area (Å²) in [4.78, 5) is 39.2. The monoisotopic (exact) mass is 490 g/mol. The molecule has 0 aromatic rings. The fourth-order valence-corrected chi connectivity index (χ4v) is 7.55. The van der Waals surface area contributed by atoms with Crippen molar-refractivity contribution in [2.24, 2.45) is 33.7 Å². The normalized spacial score (nSPS) is 37.9. The summed E-state index contributed by atoms with van der Waals surface area (Å²) in [6.07, 6.45) is 9.61. The smallest absolute Gasteiger partial charge is 0.326 e. The van der Waals surface area contributed by atoms with Gasteiger partial charge in [0, 0.05) is 6.42 Å². The van der Waals surface area contributed by atoms with Crippen molar-refractivity contribution in [1.82, 2.24) is 5.32 Å². The van der Waals surface area contributed by atoms with Crippen LogP contribution in [-0.2, 0) is 19.2 Å². The molecule has 0 aromatic carbocycles. The van der Waals surface area contributed by atoms with Crippen molar-refractivity contribution in [3.05, 3.63) is 11.6 Å². The molecule has 0 heterocycles. The first-order chi connectivity index (χ1) is 16.5. The summed E-state index contributed by atoms with van der Waals surface area (Å²) in [5.41, 5.74) is 2.40. The Morgan fingerprint density at radius 2 is 1.89 bits per heavy atom. The van der Waals surface area contributed by atoms with Gasteiger partial charge in [0.15, 0.2) is 6.61 Å². The van der Waals surface area contributed by atoms with E-state index in [1.165, 1.54) is 5.57 Å². The molecule has 3 saturated carbocycles. The van der Waals surface area contributed by atoms with Crippen LogP contribution in [0.15, 0.2) is 16.8 Å². The van der Waals surface area contributed by atoms with Crippen molar-refractivity contribution in [2.45, 2.75) is 90.2 Å². The number of nitrogens with zero attached hydrogens (tertiary/aromatic N) is 1. The van der Waals surface area contributed by atoms with E-state index in [1.807, 2.05) is 0 Å². The molecular weight excluding hydrogens is 452 g/mol. The van der Waals surface area contributed by atoms with Gasteiger partial charge in [-0.2, -0.15) is 0 Å². The lowest BCUT2D eigenvalue weighted by atomic mass is 9.47. The van der Waals surface area contributed by atoms with Crippen LogP contribution in [-0.4, -0.2) is 57.6 Å². The van der Waals surface area contributed by atoms with Gasteiger partial charge in [-0.3, -0.25) is 9.59 Å². The van der Waals surface area contributed by atoms with Gasteiger partial charge in [-0.1, -0.05) is 24.6 Å². The standard InChI is InChI=1S/C26H38N2O7/c1-25-11-9-16(28-35-14-22(30)27-20(24(33)34)6-8-23(31)32)13-15(25)3-4-17-18-5-7-21(29)26(18,2)12-10-19(17)25/h13,17-21,29H,3-12,14H2,1-2H3,(H,27,30)(H,31,32)(H,33,34)/t17-,18-,19-,20-,21-,25+,26+/m1/s1. The van der Waals surface area contributed by atoms with Gasteiger partial charge in [-0.15, -0.1) is 0 Å². The second-order valence-corrected chi connectivity index (χ2v) is 11.4. The van der Waals surface area contributed by atoms with Gasteiger partial charge in [-0.05, 0) is 92.4 Å². The summed E-state index contributed by atoms with van der Waals surface area (Å²) in [5, 5.41) is 35.0. The van der Waals surface area contributed by atoms with Crippen molar-refractivity contribution >= 4 is 23.6 Å². The molecule has 7 atom stereocenters. The molecule has 194 valence electrons.